The summed E-state index contributed by atoms with van der Waals surface area (Å²) < 4.78 is 19.2. The van der Waals surface area contributed by atoms with E-state index in [1.54, 1.807) is 19.1 Å². The van der Waals surface area contributed by atoms with Gasteiger partial charge in [-0.2, -0.15) is 0 Å². The molecule has 2 nitrogen and oxygen atoms in total. The third-order valence-electron chi connectivity index (χ3n) is 3.30. The molecule has 0 aromatic heterocycles. The molecule has 0 unspecified atom stereocenters. The maximum absolute atomic E-state index is 13.5. The second-order valence-corrected chi connectivity index (χ2v) is 4.82. The number of likely N-dealkylation sites (N-methyl/N-ethyl adjacent to an activating group) is 1. The van der Waals surface area contributed by atoms with Gasteiger partial charge in [-0.1, -0.05) is 30.3 Å². The van der Waals surface area contributed by atoms with E-state index in [-0.39, 0.29) is 5.82 Å². The van der Waals surface area contributed by atoms with Crippen LogP contribution in [0, 0.1) is 12.7 Å². The first-order valence-electron chi connectivity index (χ1n) is 6.81. The van der Waals surface area contributed by atoms with Crippen LogP contribution in [0.15, 0.2) is 42.5 Å². The molecular formula is C17H20FNO. The standard InChI is InChI=1S/C17H20FNO/c1-13-7-8-16(11-17(13)18)20-12-15-6-4-3-5-14(15)9-10-19-2/h3-8,11,19H,9-10,12H2,1-2H3. The Hall–Kier alpha value is -1.87. The highest BCUT2D eigenvalue weighted by Gasteiger charge is 2.04. The predicted octanol–water partition coefficient (Wildman–Crippen LogP) is 3.48. The smallest absolute Gasteiger partial charge is 0.129 e. The van der Waals surface area contributed by atoms with Crippen LogP contribution in [0.4, 0.5) is 4.39 Å². The quantitative estimate of drug-likeness (QED) is 0.870. The summed E-state index contributed by atoms with van der Waals surface area (Å²) in [7, 11) is 1.94. The molecule has 0 amide bonds. The first-order chi connectivity index (χ1) is 9.70. The van der Waals surface area contributed by atoms with Gasteiger partial charge in [0.15, 0.2) is 0 Å². The van der Waals surface area contributed by atoms with E-state index in [9.17, 15) is 4.39 Å². The molecule has 0 heterocycles. The van der Waals surface area contributed by atoms with Crippen molar-refractivity contribution in [2.75, 3.05) is 13.6 Å². The van der Waals surface area contributed by atoms with Gasteiger partial charge in [-0.3, -0.25) is 0 Å². The molecular weight excluding hydrogens is 253 g/mol. The highest BCUT2D eigenvalue weighted by Crippen LogP contribution is 2.18. The van der Waals surface area contributed by atoms with Gasteiger partial charge in [-0.15, -0.1) is 0 Å². The first kappa shape index (κ1) is 14.5. The summed E-state index contributed by atoms with van der Waals surface area (Å²) in [5.74, 6) is 0.336. The average molecular weight is 273 g/mol. The molecule has 0 aliphatic carbocycles. The maximum Gasteiger partial charge on any atom is 0.129 e. The van der Waals surface area contributed by atoms with Gasteiger partial charge in [0.25, 0.3) is 0 Å². The lowest BCUT2D eigenvalue weighted by Gasteiger charge is -2.11. The molecule has 2 aromatic carbocycles. The van der Waals surface area contributed by atoms with E-state index < -0.39 is 0 Å². The number of hydrogen-bond donors (Lipinski definition) is 1. The third kappa shape index (κ3) is 3.81. The normalized spacial score (nSPS) is 10.6. The van der Waals surface area contributed by atoms with Gasteiger partial charge in [0.1, 0.15) is 18.2 Å². The molecule has 0 aliphatic rings. The Labute approximate surface area is 119 Å². The van der Waals surface area contributed by atoms with Gasteiger partial charge in [-0.25, -0.2) is 4.39 Å². The summed E-state index contributed by atoms with van der Waals surface area (Å²) in [6.07, 6.45) is 0.957. The molecule has 3 heteroatoms. The van der Waals surface area contributed by atoms with Crippen LogP contribution in [0.1, 0.15) is 16.7 Å². The average Bonchev–Trinajstić information content (AvgIpc) is 2.47. The second kappa shape index (κ2) is 7.06. The Kier molecular flexibility index (Phi) is 5.13. The van der Waals surface area contributed by atoms with Crippen molar-refractivity contribution in [3.8, 4) is 5.75 Å². The molecule has 0 aliphatic heterocycles. The molecule has 0 bridgehead atoms. The molecule has 2 rings (SSSR count). The number of halogens is 1. The first-order valence-corrected chi connectivity index (χ1v) is 6.81. The van der Waals surface area contributed by atoms with Crippen LogP contribution in [0.3, 0.4) is 0 Å². The molecule has 2 aromatic rings. The van der Waals surface area contributed by atoms with Crippen LogP contribution >= 0.6 is 0 Å². The van der Waals surface area contributed by atoms with Crippen molar-refractivity contribution >= 4 is 0 Å². The van der Waals surface area contributed by atoms with E-state index in [1.807, 2.05) is 19.2 Å². The van der Waals surface area contributed by atoms with Crippen molar-refractivity contribution in [3.05, 3.63) is 65.0 Å². The lowest BCUT2D eigenvalue weighted by molar-refractivity contribution is 0.303. The van der Waals surface area contributed by atoms with Crippen molar-refractivity contribution in [2.24, 2.45) is 0 Å². The Morgan fingerprint density at radius 1 is 1.10 bits per heavy atom. The van der Waals surface area contributed by atoms with Gasteiger partial charge >= 0.3 is 0 Å². The number of ether oxygens (including phenoxy) is 1. The van der Waals surface area contributed by atoms with E-state index in [0.29, 0.717) is 17.9 Å². The summed E-state index contributed by atoms with van der Waals surface area (Å²) in [5, 5.41) is 3.14. The number of nitrogens with one attached hydrogen (secondary N) is 1. The van der Waals surface area contributed by atoms with Gasteiger partial charge in [0.05, 0.1) is 0 Å². The second-order valence-electron chi connectivity index (χ2n) is 4.82. The molecule has 0 spiro atoms. The van der Waals surface area contributed by atoms with E-state index in [0.717, 1.165) is 18.5 Å². The molecule has 0 fully saturated rings. The SMILES string of the molecule is CNCCc1ccccc1COc1ccc(C)c(F)c1. The Morgan fingerprint density at radius 3 is 2.55 bits per heavy atom. The van der Waals surface area contributed by atoms with E-state index in [2.05, 4.69) is 17.4 Å². The van der Waals surface area contributed by atoms with Crippen molar-refractivity contribution in [2.45, 2.75) is 20.0 Å². The Bertz CT molecular complexity index is 569. The predicted molar refractivity (Wildman–Crippen MR) is 79.5 cm³/mol. The molecule has 0 saturated heterocycles. The fraction of sp³-hybridized carbons (Fsp3) is 0.294. The maximum atomic E-state index is 13.5. The van der Waals surface area contributed by atoms with E-state index in [1.165, 1.54) is 11.6 Å². The minimum atomic E-state index is -0.231. The highest BCUT2D eigenvalue weighted by atomic mass is 19.1. The molecule has 0 radical (unpaired) electrons. The summed E-state index contributed by atoms with van der Waals surface area (Å²) in [6, 6.07) is 13.1. The molecule has 20 heavy (non-hydrogen) atoms. The van der Waals surface area contributed by atoms with Crippen LogP contribution in [0.2, 0.25) is 0 Å². The van der Waals surface area contributed by atoms with Crippen LogP contribution in [0.5, 0.6) is 5.75 Å². The Morgan fingerprint density at radius 2 is 1.85 bits per heavy atom. The lowest BCUT2D eigenvalue weighted by Crippen LogP contribution is -2.12. The summed E-state index contributed by atoms with van der Waals surface area (Å²) in [5.41, 5.74) is 3.03. The summed E-state index contributed by atoms with van der Waals surface area (Å²) >= 11 is 0. The zero-order valence-corrected chi connectivity index (χ0v) is 11.9. The molecule has 106 valence electrons. The van der Waals surface area contributed by atoms with Gasteiger partial charge in [0, 0.05) is 6.07 Å². The van der Waals surface area contributed by atoms with Gasteiger partial charge in [-0.05, 0) is 49.7 Å². The van der Waals surface area contributed by atoms with Crippen LogP contribution in [-0.4, -0.2) is 13.6 Å². The fourth-order valence-electron chi connectivity index (χ4n) is 2.03. The monoisotopic (exact) mass is 273 g/mol. The zero-order valence-electron chi connectivity index (χ0n) is 11.9. The fourth-order valence-corrected chi connectivity index (χ4v) is 2.03. The van der Waals surface area contributed by atoms with Crippen LogP contribution in [0.25, 0.3) is 0 Å². The zero-order chi connectivity index (χ0) is 14.4. The van der Waals surface area contributed by atoms with Gasteiger partial charge in [0.2, 0.25) is 0 Å². The van der Waals surface area contributed by atoms with E-state index in [4.69, 9.17) is 4.74 Å². The van der Waals surface area contributed by atoms with Crippen LogP contribution < -0.4 is 10.1 Å². The van der Waals surface area contributed by atoms with Crippen molar-refractivity contribution < 1.29 is 9.13 Å². The topological polar surface area (TPSA) is 21.3 Å². The highest BCUT2D eigenvalue weighted by molar-refractivity contribution is 5.30. The van der Waals surface area contributed by atoms with Crippen molar-refractivity contribution in [3.63, 3.8) is 0 Å². The number of rotatable bonds is 6. The van der Waals surface area contributed by atoms with Crippen LogP contribution in [-0.2, 0) is 13.0 Å². The number of benzene rings is 2. The lowest BCUT2D eigenvalue weighted by atomic mass is 10.1. The number of hydrogen-bond acceptors (Lipinski definition) is 2. The molecule has 1 N–H and O–H groups in total. The molecule has 0 saturated carbocycles. The minimum Gasteiger partial charge on any atom is -0.489 e. The summed E-state index contributed by atoms with van der Waals surface area (Å²) in [4.78, 5) is 0. The molecule has 0 atom stereocenters. The Balaban J connectivity index is 2.04. The largest absolute Gasteiger partial charge is 0.489 e. The van der Waals surface area contributed by atoms with Gasteiger partial charge < -0.3 is 10.1 Å². The van der Waals surface area contributed by atoms with Crippen molar-refractivity contribution in [1.82, 2.24) is 5.32 Å². The van der Waals surface area contributed by atoms with E-state index >= 15 is 0 Å². The van der Waals surface area contributed by atoms with Crippen molar-refractivity contribution in [1.29, 1.82) is 0 Å². The number of aryl methyl sites for hydroxylation is 1. The summed E-state index contributed by atoms with van der Waals surface area (Å²) in [6.45, 7) is 3.13. The third-order valence-corrected chi connectivity index (χ3v) is 3.30. The minimum absolute atomic E-state index is 0.231.